The van der Waals surface area contributed by atoms with Gasteiger partial charge in [0.25, 0.3) is 0 Å². The number of piperidine rings is 1. The molecule has 0 amide bonds. The lowest BCUT2D eigenvalue weighted by Crippen LogP contribution is -2.35. The van der Waals surface area contributed by atoms with Crippen molar-refractivity contribution < 1.29 is 12.9 Å². The number of hydrogen-bond donors (Lipinski definition) is 0. The number of unbranched alkanes of at least 4 members (excludes halogenated alkanes) is 1. The molecule has 0 N–H and O–H groups in total. The Kier molecular flexibility index (Phi) is 7.21. The third-order valence-electron chi connectivity index (χ3n) is 5.82. The van der Waals surface area contributed by atoms with Gasteiger partial charge in [-0.1, -0.05) is 36.7 Å². The molecular weight excluding hydrogens is 446 g/mol. The number of rotatable bonds is 9. The highest BCUT2D eigenvalue weighted by Gasteiger charge is 2.27. The van der Waals surface area contributed by atoms with Crippen molar-refractivity contribution in [2.75, 3.05) is 13.1 Å². The van der Waals surface area contributed by atoms with Crippen LogP contribution in [0.4, 0.5) is 0 Å². The van der Waals surface area contributed by atoms with Gasteiger partial charge in [-0.15, -0.1) is 0 Å². The molecule has 1 unspecified atom stereocenters. The van der Waals surface area contributed by atoms with Crippen molar-refractivity contribution in [2.24, 2.45) is 0 Å². The number of sulfonamides is 1. The van der Waals surface area contributed by atoms with Crippen molar-refractivity contribution in [1.82, 2.24) is 24.0 Å². The average Bonchev–Trinajstić information content (AvgIpc) is 3.41. The third kappa shape index (κ3) is 4.72. The highest BCUT2D eigenvalue weighted by Crippen LogP contribution is 2.36. The summed E-state index contributed by atoms with van der Waals surface area (Å²) in [5.74, 6) is 1.33. The quantitative estimate of drug-likeness (QED) is 0.408. The molecule has 3 heterocycles. The van der Waals surface area contributed by atoms with Crippen LogP contribution in [-0.2, 0) is 23.0 Å². The Bertz CT molecular complexity index is 1170. The standard InChI is InChI=1S/C22H31N5O3S2/c1-4-6-10-20-24-21(30-25-20)16(3)31-22-23-18-15-17(11-12-19(18)27(22)5-2)32(28,29)26-13-8-7-9-14-26/h11-12,15-16H,4-10,13-14H2,1-3H3. The third-order valence-corrected chi connectivity index (χ3v) is 8.79. The Morgan fingerprint density at radius 2 is 1.94 bits per heavy atom. The summed E-state index contributed by atoms with van der Waals surface area (Å²) in [6.07, 6.45) is 5.86. The first kappa shape index (κ1) is 23.3. The summed E-state index contributed by atoms with van der Waals surface area (Å²) in [6, 6.07) is 5.28. The number of fused-ring (bicyclic) bond motifs is 1. The van der Waals surface area contributed by atoms with E-state index in [2.05, 4.69) is 28.6 Å². The normalized spacial score (nSPS) is 16.6. The molecular formula is C22H31N5O3S2. The lowest BCUT2D eigenvalue weighted by Gasteiger charge is -2.25. The van der Waals surface area contributed by atoms with E-state index in [1.54, 1.807) is 28.2 Å². The number of aromatic nitrogens is 4. The van der Waals surface area contributed by atoms with Crippen LogP contribution in [0.3, 0.4) is 0 Å². The molecule has 1 aliphatic heterocycles. The molecule has 32 heavy (non-hydrogen) atoms. The maximum Gasteiger partial charge on any atom is 0.243 e. The molecule has 0 spiro atoms. The van der Waals surface area contributed by atoms with Crippen LogP contribution in [0.2, 0.25) is 0 Å². The number of aryl methyl sites for hydroxylation is 2. The summed E-state index contributed by atoms with van der Waals surface area (Å²) in [5, 5.41) is 4.84. The van der Waals surface area contributed by atoms with E-state index in [0.717, 1.165) is 61.6 Å². The van der Waals surface area contributed by atoms with Gasteiger partial charge in [0.2, 0.25) is 15.9 Å². The molecule has 1 aromatic carbocycles. The zero-order valence-electron chi connectivity index (χ0n) is 19.0. The smallest absolute Gasteiger partial charge is 0.243 e. The van der Waals surface area contributed by atoms with E-state index in [9.17, 15) is 8.42 Å². The first-order chi connectivity index (χ1) is 15.4. The first-order valence-corrected chi connectivity index (χ1v) is 13.8. The highest BCUT2D eigenvalue weighted by molar-refractivity contribution is 7.99. The molecule has 1 fully saturated rings. The molecule has 0 radical (unpaired) electrons. The first-order valence-electron chi connectivity index (χ1n) is 11.4. The Morgan fingerprint density at radius 1 is 1.16 bits per heavy atom. The van der Waals surface area contributed by atoms with E-state index >= 15 is 0 Å². The SMILES string of the molecule is CCCCc1noc(C(C)Sc2nc3cc(S(=O)(=O)N4CCCCC4)ccc3n2CC)n1. The van der Waals surface area contributed by atoms with Crippen molar-refractivity contribution in [2.45, 2.75) is 81.1 Å². The van der Waals surface area contributed by atoms with Gasteiger partial charge in [-0.2, -0.15) is 9.29 Å². The molecule has 2 aromatic heterocycles. The summed E-state index contributed by atoms with van der Waals surface area (Å²) in [4.78, 5) is 9.62. The number of hydrogen-bond acceptors (Lipinski definition) is 7. The fourth-order valence-corrected chi connectivity index (χ4v) is 6.53. The number of thioether (sulfide) groups is 1. The number of nitrogens with zero attached hydrogens (tertiary/aromatic N) is 5. The van der Waals surface area contributed by atoms with Gasteiger partial charge in [-0.25, -0.2) is 13.4 Å². The molecule has 1 saturated heterocycles. The van der Waals surface area contributed by atoms with E-state index in [-0.39, 0.29) is 5.25 Å². The molecule has 0 saturated carbocycles. The van der Waals surface area contributed by atoms with Gasteiger partial charge in [-0.05, 0) is 51.3 Å². The monoisotopic (exact) mass is 477 g/mol. The van der Waals surface area contributed by atoms with Gasteiger partial charge in [0.15, 0.2) is 11.0 Å². The van der Waals surface area contributed by atoms with E-state index in [4.69, 9.17) is 9.51 Å². The fourth-order valence-electron chi connectivity index (χ4n) is 3.98. The minimum Gasteiger partial charge on any atom is -0.338 e. The van der Waals surface area contributed by atoms with Crippen molar-refractivity contribution in [3.8, 4) is 0 Å². The van der Waals surface area contributed by atoms with Crippen LogP contribution in [0.25, 0.3) is 11.0 Å². The fraction of sp³-hybridized carbons (Fsp3) is 0.591. The summed E-state index contributed by atoms with van der Waals surface area (Å²) in [6.45, 7) is 8.13. The minimum absolute atomic E-state index is 0.0588. The Balaban J connectivity index is 1.59. The Hall–Kier alpha value is -1.91. The Labute approximate surface area is 193 Å². The van der Waals surface area contributed by atoms with Gasteiger partial charge in [0.05, 0.1) is 21.2 Å². The van der Waals surface area contributed by atoms with Crippen molar-refractivity contribution in [3.63, 3.8) is 0 Å². The molecule has 1 aliphatic rings. The summed E-state index contributed by atoms with van der Waals surface area (Å²) < 4.78 is 35.3. The van der Waals surface area contributed by atoms with Gasteiger partial charge in [0.1, 0.15) is 0 Å². The number of benzene rings is 1. The van der Waals surface area contributed by atoms with E-state index in [1.165, 1.54) is 0 Å². The van der Waals surface area contributed by atoms with Crippen LogP contribution in [0.5, 0.6) is 0 Å². The van der Waals surface area contributed by atoms with E-state index in [1.807, 2.05) is 13.0 Å². The molecule has 174 valence electrons. The van der Waals surface area contributed by atoms with Crippen molar-refractivity contribution in [3.05, 3.63) is 29.9 Å². The van der Waals surface area contributed by atoms with Gasteiger partial charge < -0.3 is 9.09 Å². The predicted molar refractivity (Wildman–Crippen MR) is 125 cm³/mol. The topological polar surface area (TPSA) is 94.1 Å². The second kappa shape index (κ2) is 9.93. The molecule has 1 atom stereocenters. The van der Waals surface area contributed by atoms with Crippen LogP contribution in [0.1, 0.15) is 69.8 Å². The van der Waals surface area contributed by atoms with Crippen LogP contribution < -0.4 is 0 Å². The second-order valence-electron chi connectivity index (χ2n) is 8.17. The van der Waals surface area contributed by atoms with E-state index in [0.29, 0.717) is 29.4 Å². The van der Waals surface area contributed by atoms with Crippen LogP contribution in [-0.4, -0.2) is 45.5 Å². The summed E-state index contributed by atoms with van der Waals surface area (Å²) in [5.41, 5.74) is 1.61. The van der Waals surface area contributed by atoms with E-state index < -0.39 is 10.0 Å². The van der Waals surface area contributed by atoms with Crippen molar-refractivity contribution in [1.29, 1.82) is 0 Å². The summed E-state index contributed by atoms with van der Waals surface area (Å²) >= 11 is 1.55. The molecule has 10 heteroatoms. The van der Waals surface area contributed by atoms with Crippen LogP contribution >= 0.6 is 11.8 Å². The van der Waals surface area contributed by atoms with Gasteiger partial charge >= 0.3 is 0 Å². The van der Waals surface area contributed by atoms with Crippen LogP contribution in [0, 0.1) is 0 Å². The van der Waals surface area contributed by atoms with Gasteiger partial charge in [-0.3, -0.25) is 0 Å². The zero-order chi connectivity index (χ0) is 22.7. The molecule has 8 nitrogen and oxygen atoms in total. The highest BCUT2D eigenvalue weighted by atomic mass is 32.2. The minimum atomic E-state index is -3.49. The largest absolute Gasteiger partial charge is 0.338 e. The molecule has 0 aliphatic carbocycles. The van der Waals surface area contributed by atoms with Crippen molar-refractivity contribution >= 4 is 32.8 Å². The average molecular weight is 478 g/mol. The van der Waals surface area contributed by atoms with Gasteiger partial charge in [0, 0.05) is 26.1 Å². The molecule has 3 aromatic rings. The zero-order valence-corrected chi connectivity index (χ0v) is 20.6. The maximum absolute atomic E-state index is 13.1. The number of imidazole rings is 1. The second-order valence-corrected chi connectivity index (χ2v) is 11.4. The molecule has 0 bridgehead atoms. The lowest BCUT2D eigenvalue weighted by molar-refractivity contribution is 0.346. The molecule has 4 rings (SSSR count). The Morgan fingerprint density at radius 3 is 2.66 bits per heavy atom. The maximum atomic E-state index is 13.1. The summed E-state index contributed by atoms with van der Waals surface area (Å²) in [7, 11) is -3.49. The lowest BCUT2D eigenvalue weighted by atomic mass is 10.2. The van der Waals surface area contributed by atoms with Crippen LogP contribution in [0.15, 0.2) is 32.8 Å². The predicted octanol–water partition coefficient (Wildman–Crippen LogP) is 4.81.